The van der Waals surface area contributed by atoms with Crippen LogP contribution in [-0.2, 0) is 52.0 Å². The Labute approximate surface area is 595 Å². The van der Waals surface area contributed by atoms with E-state index in [9.17, 15) is 29.3 Å². The molecule has 0 saturated carbocycles. The van der Waals surface area contributed by atoms with Crippen molar-refractivity contribution >= 4 is 50.9 Å². The Morgan fingerprint density at radius 3 is 1.10 bits per heavy atom. The van der Waals surface area contributed by atoms with Crippen molar-refractivity contribution in [3.63, 3.8) is 0 Å². The molecule has 0 spiro atoms. The van der Waals surface area contributed by atoms with Crippen LogP contribution >= 0.6 is 0 Å². The molecule has 0 aliphatic carbocycles. The highest BCUT2D eigenvalue weighted by molar-refractivity contribution is 5.79. The monoisotopic (exact) mass is 1390 g/mol. The Morgan fingerprint density at radius 1 is 0.452 bits per heavy atom. The maximum absolute atomic E-state index is 12.8. The van der Waals surface area contributed by atoms with E-state index in [-0.39, 0.29) is 28.7 Å². The van der Waals surface area contributed by atoms with Gasteiger partial charge in [0.15, 0.2) is 34.4 Å². The highest BCUT2D eigenvalue weighted by atomic mass is 16.6. The third kappa shape index (κ3) is 14.6. The van der Waals surface area contributed by atoms with Crippen molar-refractivity contribution in [1.82, 2.24) is 87.2 Å². The van der Waals surface area contributed by atoms with Gasteiger partial charge in [-0.25, -0.2) is 54.3 Å². The predicted octanol–water partition coefficient (Wildman–Crippen LogP) is 12.7. The first kappa shape index (κ1) is 69.4. The Bertz CT molecular complexity index is 5880. The minimum atomic E-state index is -0.517. The van der Waals surface area contributed by atoms with E-state index in [1.54, 1.807) is 57.0 Å². The number of nitrogen functional groups attached to an aromatic ring is 1. The van der Waals surface area contributed by atoms with E-state index in [4.69, 9.17) is 20.7 Å². The van der Waals surface area contributed by atoms with Gasteiger partial charge in [-0.1, -0.05) is 175 Å². The number of aryl methyl sites for hydroxylation is 3. The topological polar surface area (TPSA) is 330 Å². The summed E-state index contributed by atoms with van der Waals surface area (Å²) in [6.07, 6.45) is 10.4. The quantitative estimate of drug-likeness (QED) is 0.0458. The number of H-pyrrole nitrogens is 3. The van der Waals surface area contributed by atoms with E-state index in [2.05, 4.69) is 105 Å². The van der Waals surface area contributed by atoms with E-state index >= 15 is 0 Å². The first-order chi connectivity index (χ1) is 50.0. The van der Waals surface area contributed by atoms with Crippen molar-refractivity contribution in [3.05, 3.63) is 263 Å². The fraction of sp³-hybridized carbons (Fsp3) is 0.218. The van der Waals surface area contributed by atoms with E-state index in [1.165, 1.54) is 11.8 Å². The van der Waals surface area contributed by atoms with Crippen molar-refractivity contribution in [2.24, 2.45) is 21.1 Å². The summed E-state index contributed by atoms with van der Waals surface area (Å²) in [5.74, 6) is 5.20. The number of aromatic nitrogens is 18. The van der Waals surface area contributed by atoms with Crippen molar-refractivity contribution in [2.75, 3.05) is 5.73 Å². The summed E-state index contributed by atoms with van der Waals surface area (Å²) in [4.78, 5) is 110. The number of nitrogens with zero attached hydrogens (tertiary/aromatic N) is 16. The summed E-state index contributed by atoms with van der Waals surface area (Å²) in [6, 6.07) is 47.5. The van der Waals surface area contributed by atoms with Crippen molar-refractivity contribution in [2.45, 2.75) is 92.3 Å². The molecule has 9 heterocycles. The van der Waals surface area contributed by atoms with Gasteiger partial charge in [0.25, 0.3) is 5.82 Å². The molecule has 6 aromatic carbocycles. The third-order valence-electron chi connectivity index (χ3n) is 18.0. The molecule has 26 nitrogen and oxygen atoms in total. The third-order valence-corrected chi connectivity index (χ3v) is 18.0. The number of aromatic amines is 3. The number of ketones is 1. The van der Waals surface area contributed by atoms with Gasteiger partial charge in [0, 0.05) is 73.3 Å². The summed E-state index contributed by atoms with van der Waals surface area (Å²) in [7, 11) is 5.54. The molecular formula is C78H76N20O6. The zero-order valence-corrected chi connectivity index (χ0v) is 59.1. The highest BCUT2D eigenvalue weighted by Crippen LogP contribution is 2.32. The number of carbonyl (C=O) groups is 1. The van der Waals surface area contributed by atoms with Gasteiger partial charge < -0.3 is 44.5 Å². The second-order valence-corrected chi connectivity index (χ2v) is 26.6. The second kappa shape index (κ2) is 29.2. The maximum atomic E-state index is 12.8. The number of nitrogens with one attached hydrogen (secondary N) is 3. The minimum absolute atomic E-state index is 0.0822. The number of nitrogens with two attached hydrogens (primary N) is 1. The van der Waals surface area contributed by atoms with Crippen LogP contribution in [0, 0.1) is 10.1 Å². The van der Waals surface area contributed by atoms with E-state index in [1.807, 2.05) is 157 Å². The maximum Gasteiger partial charge on any atom is 0.382 e. The zero-order valence-electron chi connectivity index (χ0n) is 59.1. The fourth-order valence-corrected chi connectivity index (χ4v) is 12.8. The molecule has 0 saturated heterocycles. The summed E-state index contributed by atoms with van der Waals surface area (Å²) >= 11 is 0. The van der Waals surface area contributed by atoms with Gasteiger partial charge in [-0.2, -0.15) is 0 Å². The van der Waals surface area contributed by atoms with Gasteiger partial charge in [-0.15, -0.1) is 0 Å². The van der Waals surface area contributed by atoms with Crippen LogP contribution in [-0.4, -0.2) is 97.9 Å². The first-order valence-electron chi connectivity index (χ1n) is 33.9. The van der Waals surface area contributed by atoms with Crippen molar-refractivity contribution in [1.29, 1.82) is 0 Å². The SMILES string of the molecule is CC(=O)Cc1cn(C)c(-c2ccc(Cn3c(=O)[nH]c4cnc(-c5ccccc5C(C)C)nc43)cc2)n1.CC(C)c1ccccc1-c1ncc2[nH]c(=O)n(Cc3ccc(-c4nc(N)cn4C)cc3)c2n1.CC(C)c1ccccc1-c1ncc2[nH]c(=O)n(Cc3ccc(-c4nc([N+](=O)[O-])cn4C)cc3)c2n1. The molecule has 0 atom stereocenters. The number of rotatable bonds is 18. The van der Waals surface area contributed by atoms with Crippen LogP contribution in [0.1, 0.15) is 105 Å². The molecule has 104 heavy (non-hydrogen) atoms. The Morgan fingerprint density at radius 2 is 0.779 bits per heavy atom. The fourth-order valence-electron chi connectivity index (χ4n) is 12.8. The molecule has 524 valence electrons. The molecule has 15 rings (SSSR count). The first-order valence-corrected chi connectivity index (χ1v) is 33.9. The van der Waals surface area contributed by atoms with Crippen molar-refractivity contribution in [3.8, 4) is 68.3 Å². The Hall–Kier alpha value is -13.1. The predicted molar refractivity (Wildman–Crippen MR) is 402 cm³/mol. The molecule has 15 aromatic rings. The lowest BCUT2D eigenvalue weighted by Crippen LogP contribution is -2.17. The number of hydrogen-bond donors (Lipinski definition) is 4. The molecular weight excluding hydrogens is 1310 g/mol. The number of anilines is 1. The lowest BCUT2D eigenvalue weighted by Gasteiger charge is -2.11. The van der Waals surface area contributed by atoms with Gasteiger partial charge >= 0.3 is 22.9 Å². The number of fused-ring (bicyclic) bond motifs is 3. The van der Waals surface area contributed by atoms with Crippen molar-refractivity contribution < 1.29 is 9.72 Å². The molecule has 0 amide bonds. The van der Waals surface area contributed by atoms with E-state index in [0.717, 1.165) is 78.5 Å². The molecule has 26 heteroatoms. The molecule has 5 N–H and O–H groups in total. The average Bonchev–Trinajstić information content (AvgIpc) is 1.61. The molecule has 0 fully saturated rings. The van der Waals surface area contributed by atoms with Crippen LogP contribution in [0.4, 0.5) is 11.6 Å². The molecule has 0 radical (unpaired) electrons. The van der Waals surface area contributed by atoms with E-state index < -0.39 is 4.92 Å². The van der Waals surface area contributed by atoms with Crippen LogP contribution in [0.25, 0.3) is 102 Å². The molecule has 0 aliphatic heterocycles. The molecule has 0 bridgehead atoms. The number of imidazole rings is 6. The van der Waals surface area contributed by atoms with Gasteiger partial charge in [-0.3, -0.25) is 18.5 Å². The summed E-state index contributed by atoms with van der Waals surface area (Å²) in [5, 5.41) is 11.0. The average molecular weight is 1390 g/mol. The van der Waals surface area contributed by atoms with Crippen LogP contribution in [0.3, 0.4) is 0 Å². The lowest BCUT2D eigenvalue weighted by atomic mass is 9.97. The lowest BCUT2D eigenvalue weighted by molar-refractivity contribution is -0.389. The van der Waals surface area contributed by atoms with Crippen LogP contribution < -0.4 is 22.8 Å². The van der Waals surface area contributed by atoms with Gasteiger partial charge in [0.1, 0.15) is 46.0 Å². The number of Topliss-reactive ketones (excluding diaryl/α,β-unsaturated/α-hetero) is 1. The highest BCUT2D eigenvalue weighted by Gasteiger charge is 2.22. The van der Waals surface area contributed by atoms with Crippen LogP contribution in [0.2, 0.25) is 0 Å². The van der Waals surface area contributed by atoms with Gasteiger partial charge in [0.2, 0.25) is 0 Å². The minimum Gasteiger partial charge on any atom is -0.382 e. The van der Waals surface area contributed by atoms with Crippen LogP contribution in [0.5, 0.6) is 0 Å². The molecule has 9 aromatic heterocycles. The number of benzene rings is 6. The number of carbonyl (C=O) groups excluding carboxylic acids is 1. The summed E-state index contributed by atoms with van der Waals surface area (Å²) in [5.41, 5.74) is 21.2. The second-order valence-electron chi connectivity index (χ2n) is 26.6. The van der Waals surface area contributed by atoms with Crippen LogP contribution in [0.15, 0.2) is 197 Å². The standard InChI is InChI=1S/C28H28N6O2.C25H23N7O3.C25H25N7O/c1-17(2)22-7-5-6-8-23(22)25-29-14-24-27(32-25)34(28(36)31-24)15-19-9-11-20(12-10-19)26-30-21(13-18(3)35)16-33(26)4;1-15(2)18-6-4-5-7-19(18)22-26-12-20-24(29-22)31(25(33)27-20)13-16-8-10-17(11-9-16)23-28-21(32(34)35)14-30(23)3;1-15(2)18-6-4-5-7-19(18)22-27-12-20-24(30-22)32(25(33)28-20)13-16-8-10-17(11-9-16)23-29-21(26)14-31(23)3/h5-12,14,16-17H,13,15H2,1-4H3,(H,31,36);4-12,14-15H,13H2,1-3H3,(H,27,33);4-12,14-15H,13,26H2,1-3H3,(H,28,33). The van der Waals surface area contributed by atoms with Gasteiger partial charge in [-0.05, 0) is 80.1 Å². The number of nitro groups is 1. The smallest absolute Gasteiger partial charge is 0.382 e. The summed E-state index contributed by atoms with van der Waals surface area (Å²) < 4.78 is 10.3. The van der Waals surface area contributed by atoms with E-state index in [0.29, 0.717) is 106 Å². The summed E-state index contributed by atoms with van der Waals surface area (Å²) in [6.45, 7) is 15.5. The van der Waals surface area contributed by atoms with Gasteiger partial charge in [0.05, 0.1) is 43.9 Å². The molecule has 0 unspecified atom stereocenters. The number of hydrogen-bond acceptors (Lipinski definition) is 16. The normalized spacial score (nSPS) is 11.5. The largest absolute Gasteiger partial charge is 0.382 e. The Balaban J connectivity index is 0.000000139. The Kier molecular flexibility index (Phi) is 19.5. The molecule has 0 aliphatic rings. The zero-order chi connectivity index (χ0) is 73.2.